The SMILES string of the molecule is COc1ccc(C(OC[C@H]2O[C@@H](n3ccc(=O)[nH]c3=O)[C@H](N)[C@@H]2O[P+]([O])(ON)OC[C@H]2O[C@@H](n3cc(C)c(=O)[nH]c3=O)C[C@@H]2O[Si](C)(C)C(C)(C)C)(c2ccccc2)c2ccc(OC)cc2)cc1. The first-order valence-electron chi connectivity index (χ1n) is 21.9. The van der Waals surface area contributed by atoms with Gasteiger partial charge in [-0.1, -0.05) is 80.0 Å². The first kappa shape index (κ1) is 50.7. The Morgan fingerprint density at radius 1 is 0.794 bits per heavy atom. The Balaban J connectivity index is 1.24. The number of nitrogens with zero attached hydrogens (tertiary/aromatic N) is 2. The summed E-state index contributed by atoms with van der Waals surface area (Å²) in [5, 5.41) is -0.237. The standard InChI is InChI=1S/C46H59N6O14PSi/c1-28-25-52(44(56)50-41(28)54)38-24-34(65-68(7,8)45(2,3)4)35(62-38)27-61-67(57,66-48)64-40-36(63-42(39(40)47)51-23-22-37(53)49-43(51)55)26-60-46(29-12-10-9-11-13-29,30-14-18-32(58-5)19-15-30)31-16-20-33(59-6)21-17-31/h9-23,25,34-36,38-40,42H,24,26-27,47-48H2,1-8H3,(H,49,53,55)(H,50,54,56)/q+1/t34-,35+,36+,38+,39+,40+,42+,67?/m0/s1. The molecule has 7 rings (SSSR count). The second-order valence-electron chi connectivity index (χ2n) is 18.2. The summed E-state index contributed by atoms with van der Waals surface area (Å²) < 4.78 is 57.2. The summed E-state index contributed by atoms with van der Waals surface area (Å²) in [5.41, 5.74) is 5.17. The summed E-state index contributed by atoms with van der Waals surface area (Å²) in [4.78, 5) is 69.8. The molecule has 0 amide bonds. The second-order valence-corrected chi connectivity index (χ2v) is 24.5. The molecule has 0 aliphatic carbocycles. The lowest BCUT2D eigenvalue weighted by Crippen LogP contribution is -2.47. The third-order valence-corrected chi connectivity index (χ3v) is 18.5. The van der Waals surface area contributed by atoms with Gasteiger partial charge in [0.2, 0.25) is 0 Å². The van der Waals surface area contributed by atoms with E-state index in [9.17, 15) is 24.1 Å². The highest BCUT2D eigenvalue weighted by Crippen LogP contribution is 2.61. The molecular formula is C46H59N6O14PSi+. The van der Waals surface area contributed by atoms with E-state index < -0.39 is 94.1 Å². The third kappa shape index (κ3) is 10.5. The molecule has 8 atom stereocenters. The van der Waals surface area contributed by atoms with Gasteiger partial charge in [-0.2, -0.15) is 5.90 Å². The van der Waals surface area contributed by atoms with Crippen molar-refractivity contribution in [1.29, 1.82) is 0 Å². The summed E-state index contributed by atoms with van der Waals surface area (Å²) >= 11 is 0. The largest absolute Gasteiger partial charge is 0.629 e. The van der Waals surface area contributed by atoms with Gasteiger partial charge in [0.05, 0.1) is 37.9 Å². The van der Waals surface area contributed by atoms with Crippen LogP contribution >= 0.6 is 8.17 Å². The molecule has 0 bridgehead atoms. The van der Waals surface area contributed by atoms with Crippen LogP contribution in [0.1, 0.15) is 61.9 Å². The van der Waals surface area contributed by atoms with Crippen LogP contribution in [0.25, 0.3) is 0 Å². The van der Waals surface area contributed by atoms with Crippen LogP contribution < -0.4 is 43.6 Å². The fraction of sp³-hybridized carbons (Fsp3) is 0.435. The number of hydrogen-bond acceptors (Lipinski definition) is 15. The summed E-state index contributed by atoms with van der Waals surface area (Å²) in [6.45, 7) is 11.1. The maximum Gasteiger partial charge on any atom is 0.629 e. The Bertz CT molecular complexity index is 2700. The van der Waals surface area contributed by atoms with Crippen molar-refractivity contribution in [1.82, 2.24) is 19.1 Å². The second kappa shape index (κ2) is 20.5. The average molecular weight is 979 g/mol. The molecule has 2 aliphatic rings. The highest BCUT2D eigenvalue weighted by molar-refractivity contribution is 7.55. The highest BCUT2D eigenvalue weighted by atomic mass is 31.2. The number of aryl methyl sites for hydroxylation is 1. The lowest BCUT2D eigenvalue weighted by Gasteiger charge is -2.39. The molecule has 6 N–H and O–H groups in total. The van der Waals surface area contributed by atoms with Crippen LogP contribution in [-0.4, -0.2) is 85.3 Å². The van der Waals surface area contributed by atoms with E-state index in [1.54, 1.807) is 45.4 Å². The number of ether oxygens (including phenoxy) is 5. The van der Waals surface area contributed by atoms with Crippen molar-refractivity contribution < 1.29 is 46.7 Å². The molecule has 365 valence electrons. The van der Waals surface area contributed by atoms with Gasteiger partial charge in [0, 0.05) is 30.4 Å². The number of benzene rings is 3. The van der Waals surface area contributed by atoms with Crippen molar-refractivity contribution >= 4 is 16.5 Å². The summed E-state index contributed by atoms with van der Waals surface area (Å²) in [5.74, 6) is 6.95. The Hall–Kier alpha value is -5.13. The minimum Gasteiger partial charge on any atom is -0.497 e. The maximum absolute atomic E-state index is 14.7. The number of aromatic amines is 2. The van der Waals surface area contributed by atoms with Crippen molar-refractivity contribution in [3.05, 3.63) is 161 Å². The number of H-pyrrole nitrogens is 2. The number of methoxy groups -OCH3 is 2. The maximum atomic E-state index is 14.7. The fourth-order valence-corrected chi connectivity index (χ4v) is 10.5. The first-order valence-corrected chi connectivity index (χ1v) is 26.3. The zero-order valence-electron chi connectivity index (χ0n) is 39.1. The predicted octanol–water partition coefficient (Wildman–Crippen LogP) is 4.72. The molecule has 22 heteroatoms. The lowest BCUT2D eigenvalue weighted by molar-refractivity contribution is -0.0997. The van der Waals surface area contributed by atoms with Gasteiger partial charge < -0.3 is 33.8 Å². The van der Waals surface area contributed by atoms with Crippen molar-refractivity contribution in [2.75, 3.05) is 27.4 Å². The molecule has 2 saturated heterocycles. The molecule has 0 spiro atoms. The summed E-state index contributed by atoms with van der Waals surface area (Å²) in [6, 6.07) is 23.9. The van der Waals surface area contributed by atoms with E-state index in [4.69, 9.17) is 53.4 Å². The smallest absolute Gasteiger partial charge is 0.497 e. The third-order valence-electron chi connectivity index (χ3n) is 12.8. The zero-order chi connectivity index (χ0) is 49.2. The van der Waals surface area contributed by atoms with Crippen LogP contribution in [-0.2, 0) is 42.8 Å². The monoisotopic (exact) mass is 978 g/mol. The Labute approximate surface area is 393 Å². The van der Waals surface area contributed by atoms with E-state index in [-0.39, 0.29) is 23.6 Å². The number of nitrogens with one attached hydrogen (secondary N) is 2. The minimum absolute atomic E-state index is 0.169. The molecule has 3 aromatic carbocycles. The van der Waals surface area contributed by atoms with Gasteiger partial charge in [0.1, 0.15) is 42.1 Å². The average Bonchev–Trinajstić information content (AvgIpc) is 3.85. The molecule has 20 nitrogen and oxygen atoms in total. The van der Waals surface area contributed by atoms with Crippen LogP contribution in [0.2, 0.25) is 18.1 Å². The number of nitrogens with two attached hydrogens (primary N) is 2. The Kier molecular flexibility index (Phi) is 15.3. The van der Waals surface area contributed by atoms with Gasteiger partial charge in [0.25, 0.3) is 11.1 Å². The molecule has 2 aromatic heterocycles. The Morgan fingerprint density at radius 3 is 1.94 bits per heavy atom. The zero-order valence-corrected chi connectivity index (χ0v) is 41.0. The van der Waals surface area contributed by atoms with Crippen molar-refractivity contribution in [3.63, 3.8) is 0 Å². The molecule has 1 unspecified atom stereocenters. The predicted molar refractivity (Wildman–Crippen MR) is 252 cm³/mol. The molecule has 4 heterocycles. The lowest BCUT2D eigenvalue weighted by atomic mass is 9.80. The topological polar surface area (TPSA) is 265 Å². The van der Waals surface area contributed by atoms with E-state index in [0.29, 0.717) is 28.2 Å². The van der Waals surface area contributed by atoms with E-state index in [1.807, 2.05) is 54.6 Å². The highest BCUT2D eigenvalue weighted by Gasteiger charge is 2.59. The van der Waals surface area contributed by atoms with E-state index in [2.05, 4.69) is 43.8 Å². The summed E-state index contributed by atoms with van der Waals surface area (Å²) in [7, 11) is -4.23. The molecule has 0 saturated carbocycles. The summed E-state index contributed by atoms with van der Waals surface area (Å²) in [6.07, 6.45) is -3.72. The van der Waals surface area contributed by atoms with Gasteiger partial charge in [0.15, 0.2) is 20.6 Å². The van der Waals surface area contributed by atoms with Crippen LogP contribution in [0.4, 0.5) is 0 Å². The van der Waals surface area contributed by atoms with Gasteiger partial charge >= 0.3 is 19.5 Å². The van der Waals surface area contributed by atoms with Gasteiger partial charge in [-0.05, 0) is 66.0 Å². The van der Waals surface area contributed by atoms with Crippen LogP contribution in [0.5, 0.6) is 11.5 Å². The van der Waals surface area contributed by atoms with Crippen molar-refractivity contribution in [2.24, 2.45) is 11.6 Å². The quantitative estimate of drug-likeness (QED) is 0.0401. The van der Waals surface area contributed by atoms with E-state index in [1.165, 1.54) is 17.0 Å². The fourth-order valence-electron chi connectivity index (χ4n) is 8.09. The van der Waals surface area contributed by atoms with Crippen molar-refractivity contribution in [2.45, 2.75) is 101 Å². The molecule has 5 aromatic rings. The number of rotatable bonds is 18. The van der Waals surface area contributed by atoms with Crippen molar-refractivity contribution in [3.8, 4) is 11.5 Å². The van der Waals surface area contributed by atoms with E-state index in [0.717, 1.165) is 10.6 Å². The van der Waals surface area contributed by atoms with Crippen LogP contribution in [0.15, 0.2) is 117 Å². The van der Waals surface area contributed by atoms with E-state index >= 15 is 0 Å². The van der Waals surface area contributed by atoms with Gasteiger partial charge in [-0.3, -0.25) is 28.7 Å². The normalized spacial score (nSPS) is 23.1. The molecule has 1 radical (unpaired) electrons. The molecule has 2 fully saturated rings. The molecule has 68 heavy (non-hydrogen) atoms. The van der Waals surface area contributed by atoms with Gasteiger partial charge in [-0.25, -0.2) is 9.59 Å². The van der Waals surface area contributed by atoms with Crippen LogP contribution in [0.3, 0.4) is 0 Å². The van der Waals surface area contributed by atoms with Gasteiger partial charge in [-0.15, -0.1) is 9.05 Å². The Morgan fingerprint density at radius 2 is 1.38 bits per heavy atom. The molecular weight excluding hydrogens is 920 g/mol. The molecule has 2 aliphatic heterocycles. The minimum atomic E-state index is -4.85. The number of aromatic nitrogens is 4. The first-order chi connectivity index (χ1) is 32.2. The number of hydrogen-bond donors (Lipinski definition) is 4. The van der Waals surface area contributed by atoms with Crippen LogP contribution in [0, 0.1) is 6.92 Å².